The van der Waals surface area contributed by atoms with Gasteiger partial charge in [-0.05, 0) is 18.2 Å². The second-order valence-corrected chi connectivity index (χ2v) is 5.05. The minimum absolute atomic E-state index is 0.343. The Morgan fingerprint density at radius 3 is 2.72 bits per heavy atom. The summed E-state index contributed by atoms with van der Waals surface area (Å²) < 4.78 is 42.7. The fourth-order valence-electron chi connectivity index (χ4n) is 1.19. The molecule has 2 N–H and O–H groups in total. The fourth-order valence-corrected chi connectivity index (χ4v) is 2.40. The average Bonchev–Trinajstić information content (AvgIpc) is 2.35. The van der Waals surface area contributed by atoms with E-state index in [9.17, 15) is 17.6 Å². The lowest BCUT2D eigenvalue weighted by Crippen LogP contribution is -2.43. The number of aliphatic hydroxyl groups is 1. The van der Waals surface area contributed by atoms with E-state index in [0.29, 0.717) is 0 Å². The van der Waals surface area contributed by atoms with Gasteiger partial charge in [-0.25, -0.2) is 12.8 Å². The summed E-state index contributed by atoms with van der Waals surface area (Å²) in [4.78, 5) is 10.8. The molecule has 6 nitrogen and oxygen atoms in total. The maximum Gasteiger partial charge on any atom is 0.326 e. The minimum atomic E-state index is -4.10. The largest absolute Gasteiger partial charge is 0.468 e. The van der Waals surface area contributed by atoms with Gasteiger partial charge in [-0.1, -0.05) is 6.07 Å². The summed E-state index contributed by atoms with van der Waals surface area (Å²) in [5.74, 6) is -1.66. The first-order valence-electron chi connectivity index (χ1n) is 4.87. The summed E-state index contributed by atoms with van der Waals surface area (Å²) in [6.45, 7) is -0.763. The van der Waals surface area contributed by atoms with E-state index in [1.165, 1.54) is 6.07 Å². The van der Waals surface area contributed by atoms with Crippen molar-refractivity contribution in [2.75, 3.05) is 13.7 Å². The van der Waals surface area contributed by atoms with Crippen LogP contribution in [0, 0.1) is 5.82 Å². The van der Waals surface area contributed by atoms with Crippen molar-refractivity contribution in [1.82, 2.24) is 4.72 Å². The van der Waals surface area contributed by atoms with Crippen LogP contribution in [0.4, 0.5) is 4.39 Å². The van der Waals surface area contributed by atoms with Crippen LogP contribution in [0.5, 0.6) is 0 Å². The topological polar surface area (TPSA) is 92.7 Å². The molecule has 0 aliphatic rings. The van der Waals surface area contributed by atoms with E-state index in [-0.39, 0.29) is 4.90 Å². The molecular formula is C10H12FNO5S. The summed E-state index contributed by atoms with van der Waals surface area (Å²) in [6.07, 6.45) is 0. The normalized spacial score (nSPS) is 13.1. The standard InChI is InChI=1S/C10H12FNO5S/c1-17-10(14)9(6-13)12-18(15,16)8-4-2-3-7(11)5-8/h2-5,9,12-13H,6H2,1H3/t9-/m0/s1. The number of ether oxygens (including phenoxy) is 1. The maximum absolute atomic E-state index is 12.9. The highest BCUT2D eigenvalue weighted by Gasteiger charge is 2.25. The van der Waals surface area contributed by atoms with Crippen molar-refractivity contribution in [1.29, 1.82) is 0 Å². The molecule has 0 fully saturated rings. The van der Waals surface area contributed by atoms with Crippen LogP contribution < -0.4 is 4.72 Å². The number of rotatable bonds is 5. The van der Waals surface area contributed by atoms with Crippen LogP contribution >= 0.6 is 0 Å². The summed E-state index contributed by atoms with van der Waals surface area (Å²) in [6, 6.07) is 2.84. The van der Waals surface area contributed by atoms with E-state index >= 15 is 0 Å². The number of halogens is 1. The molecule has 1 atom stereocenters. The third-order valence-corrected chi connectivity index (χ3v) is 3.54. The lowest BCUT2D eigenvalue weighted by molar-refractivity contribution is -0.143. The van der Waals surface area contributed by atoms with Gasteiger partial charge in [-0.15, -0.1) is 0 Å². The molecule has 1 rings (SSSR count). The Bertz CT molecular complexity index is 531. The average molecular weight is 277 g/mol. The number of hydrogen-bond acceptors (Lipinski definition) is 5. The number of esters is 1. The van der Waals surface area contributed by atoms with E-state index in [1.54, 1.807) is 0 Å². The lowest BCUT2D eigenvalue weighted by atomic mass is 10.3. The number of aliphatic hydroxyl groups excluding tert-OH is 1. The summed E-state index contributed by atoms with van der Waals surface area (Å²) in [5.41, 5.74) is 0. The highest BCUT2D eigenvalue weighted by Crippen LogP contribution is 2.11. The molecule has 0 bridgehead atoms. The predicted octanol–water partition coefficient (Wildman–Crippen LogP) is -0.362. The van der Waals surface area contributed by atoms with E-state index in [1.807, 2.05) is 4.72 Å². The van der Waals surface area contributed by atoms with Crippen molar-refractivity contribution in [3.05, 3.63) is 30.1 Å². The molecule has 1 aromatic carbocycles. The molecule has 0 saturated carbocycles. The van der Waals surface area contributed by atoms with Crippen molar-refractivity contribution in [3.8, 4) is 0 Å². The molecule has 0 spiro atoms. The van der Waals surface area contributed by atoms with Crippen LogP contribution in [0.2, 0.25) is 0 Å². The van der Waals surface area contributed by atoms with Crippen molar-refractivity contribution in [2.45, 2.75) is 10.9 Å². The first-order valence-corrected chi connectivity index (χ1v) is 6.35. The molecule has 0 amide bonds. The molecule has 18 heavy (non-hydrogen) atoms. The minimum Gasteiger partial charge on any atom is -0.468 e. The van der Waals surface area contributed by atoms with E-state index in [2.05, 4.69) is 4.74 Å². The van der Waals surface area contributed by atoms with Crippen LogP contribution in [0.15, 0.2) is 29.2 Å². The predicted molar refractivity (Wildman–Crippen MR) is 59.6 cm³/mol. The van der Waals surface area contributed by atoms with E-state index in [0.717, 1.165) is 25.3 Å². The SMILES string of the molecule is COC(=O)[C@H](CO)NS(=O)(=O)c1cccc(F)c1. The number of carbonyl (C=O) groups is 1. The van der Waals surface area contributed by atoms with Gasteiger partial charge in [0.1, 0.15) is 11.9 Å². The molecule has 0 aromatic heterocycles. The van der Waals surface area contributed by atoms with Crippen LogP contribution in [0.3, 0.4) is 0 Å². The van der Waals surface area contributed by atoms with Crippen molar-refractivity contribution < 1.29 is 27.4 Å². The molecule has 0 aliphatic carbocycles. The third kappa shape index (κ3) is 3.49. The lowest BCUT2D eigenvalue weighted by Gasteiger charge is -2.14. The smallest absolute Gasteiger partial charge is 0.326 e. The number of carbonyl (C=O) groups excluding carboxylic acids is 1. The Hall–Kier alpha value is -1.51. The highest BCUT2D eigenvalue weighted by molar-refractivity contribution is 7.89. The van der Waals surface area contributed by atoms with Crippen molar-refractivity contribution >= 4 is 16.0 Å². The molecule has 0 aliphatic heterocycles. The second kappa shape index (κ2) is 5.89. The van der Waals surface area contributed by atoms with E-state index < -0.39 is 34.5 Å². The second-order valence-electron chi connectivity index (χ2n) is 3.34. The van der Waals surface area contributed by atoms with Gasteiger partial charge in [-0.3, -0.25) is 4.79 Å². The van der Waals surface area contributed by atoms with Crippen LogP contribution in [0.25, 0.3) is 0 Å². The number of benzene rings is 1. The highest BCUT2D eigenvalue weighted by atomic mass is 32.2. The molecular weight excluding hydrogens is 265 g/mol. The Labute approximate surface area is 103 Å². The van der Waals surface area contributed by atoms with Gasteiger partial charge in [0.2, 0.25) is 10.0 Å². The summed E-state index contributed by atoms with van der Waals surface area (Å²) in [7, 11) is -3.04. The summed E-state index contributed by atoms with van der Waals surface area (Å²) >= 11 is 0. The monoisotopic (exact) mass is 277 g/mol. The van der Waals surface area contributed by atoms with Gasteiger partial charge in [0.15, 0.2) is 0 Å². The number of sulfonamides is 1. The quantitative estimate of drug-likeness (QED) is 0.717. The first-order chi connectivity index (χ1) is 8.40. The summed E-state index contributed by atoms with van der Waals surface area (Å²) in [5, 5.41) is 8.89. The molecule has 100 valence electrons. The molecule has 0 saturated heterocycles. The third-order valence-electron chi connectivity index (χ3n) is 2.07. The maximum atomic E-state index is 12.9. The zero-order chi connectivity index (χ0) is 13.8. The molecule has 0 unspecified atom stereocenters. The van der Waals surface area contributed by atoms with E-state index in [4.69, 9.17) is 5.11 Å². The Balaban J connectivity index is 2.97. The molecule has 0 heterocycles. The van der Waals surface area contributed by atoms with Gasteiger partial charge in [-0.2, -0.15) is 4.72 Å². The first kappa shape index (κ1) is 14.6. The van der Waals surface area contributed by atoms with Gasteiger partial charge >= 0.3 is 5.97 Å². The van der Waals surface area contributed by atoms with Gasteiger partial charge in [0, 0.05) is 0 Å². The van der Waals surface area contributed by atoms with Crippen molar-refractivity contribution in [2.24, 2.45) is 0 Å². The number of nitrogens with one attached hydrogen (secondary N) is 1. The zero-order valence-electron chi connectivity index (χ0n) is 9.46. The van der Waals surface area contributed by atoms with Crippen LogP contribution in [0.1, 0.15) is 0 Å². The zero-order valence-corrected chi connectivity index (χ0v) is 10.3. The fraction of sp³-hybridized carbons (Fsp3) is 0.300. The van der Waals surface area contributed by atoms with Gasteiger partial charge in [0.25, 0.3) is 0 Å². The van der Waals surface area contributed by atoms with Gasteiger partial charge < -0.3 is 9.84 Å². The van der Waals surface area contributed by atoms with Crippen LogP contribution in [-0.4, -0.2) is 39.3 Å². The van der Waals surface area contributed by atoms with Crippen molar-refractivity contribution in [3.63, 3.8) is 0 Å². The molecule has 1 aromatic rings. The Morgan fingerprint density at radius 1 is 1.56 bits per heavy atom. The molecule has 8 heteroatoms. The number of methoxy groups -OCH3 is 1. The Morgan fingerprint density at radius 2 is 2.22 bits per heavy atom. The Kier molecular flexibility index (Phi) is 4.76. The van der Waals surface area contributed by atoms with Gasteiger partial charge in [0.05, 0.1) is 18.6 Å². The molecule has 0 radical (unpaired) electrons. The van der Waals surface area contributed by atoms with Crippen LogP contribution in [-0.2, 0) is 19.6 Å². The number of hydrogen-bond donors (Lipinski definition) is 2.